The minimum Gasteiger partial charge on any atom is -0.497 e. The van der Waals surface area contributed by atoms with Gasteiger partial charge in [0.05, 0.1) is 24.2 Å². The molecule has 2 aliphatic heterocycles. The van der Waals surface area contributed by atoms with E-state index in [1.807, 2.05) is 42.2 Å². The molecule has 0 unspecified atom stereocenters. The molecule has 0 radical (unpaired) electrons. The third-order valence-corrected chi connectivity index (χ3v) is 8.96. The van der Waals surface area contributed by atoms with Crippen LogP contribution in [0.2, 0.25) is 0 Å². The summed E-state index contributed by atoms with van der Waals surface area (Å²) >= 11 is 6.79. The van der Waals surface area contributed by atoms with E-state index in [1.54, 1.807) is 41.7 Å². The summed E-state index contributed by atoms with van der Waals surface area (Å²) < 4.78 is 21.7. The lowest BCUT2D eigenvalue weighted by Crippen LogP contribution is -2.49. The van der Waals surface area contributed by atoms with Crippen LogP contribution in [0.25, 0.3) is 6.08 Å². The molecule has 216 valence electrons. The Hall–Kier alpha value is -4.14. The van der Waals surface area contributed by atoms with E-state index in [9.17, 15) is 19.2 Å². The van der Waals surface area contributed by atoms with Crippen molar-refractivity contribution in [2.75, 3.05) is 43.1 Å². The van der Waals surface area contributed by atoms with Crippen molar-refractivity contribution in [2.24, 2.45) is 0 Å². The van der Waals surface area contributed by atoms with Crippen LogP contribution in [-0.2, 0) is 17.9 Å². The molecule has 1 amide bonds. The van der Waals surface area contributed by atoms with Crippen molar-refractivity contribution in [3.8, 4) is 11.8 Å². The number of anilines is 2. The van der Waals surface area contributed by atoms with E-state index in [-0.39, 0.29) is 22.8 Å². The van der Waals surface area contributed by atoms with Crippen molar-refractivity contribution in [1.29, 1.82) is 5.26 Å². The molecule has 0 saturated carbocycles. The second kappa shape index (κ2) is 12.4. The number of hydrogen-bond donors (Lipinski definition) is 0. The number of thioether (sulfide) groups is 1. The number of benzene rings is 2. The number of methoxy groups -OCH3 is 1. The summed E-state index contributed by atoms with van der Waals surface area (Å²) in [7, 11) is 1.60. The van der Waals surface area contributed by atoms with Gasteiger partial charge in [0, 0.05) is 38.3 Å². The van der Waals surface area contributed by atoms with Crippen molar-refractivity contribution >= 4 is 51.8 Å². The maximum Gasteiger partial charge on any atom is 0.270 e. The van der Waals surface area contributed by atoms with Crippen LogP contribution >= 0.6 is 24.0 Å². The number of pyridine rings is 1. The molecule has 0 N–H and O–H groups in total. The molecule has 42 heavy (non-hydrogen) atoms. The quantitative estimate of drug-likeness (QED) is 0.278. The first-order valence-electron chi connectivity index (χ1n) is 13.6. The summed E-state index contributed by atoms with van der Waals surface area (Å²) in [4.78, 5) is 33.0. The maximum absolute atomic E-state index is 14.5. The van der Waals surface area contributed by atoms with Gasteiger partial charge in [-0.15, -0.1) is 0 Å². The summed E-state index contributed by atoms with van der Waals surface area (Å²) in [5.74, 6) is 0.861. The highest BCUT2D eigenvalue weighted by atomic mass is 32.2. The van der Waals surface area contributed by atoms with Crippen LogP contribution in [0.1, 0.15) is 29.2 Å². The Morgan fingerprint density at radius 3 is 2.36 bits per heavy atom. The molecule has 5 rings (SSSR count). The summed E-state index contributed by atoms with van der Waals surface area (Å²) in [5, 5.41) is 9.88. The topological polar surface area (TPSA) is 81.8 Å². The van der Waals surface area contributed by atoms with Crippen LogP contribution in [0.4, 0.5) is 15.9 Å². The second-order valence-corrected chi connectivity index (χ2v) is 11.6. The van der Waals surface area contributed by atoms with Gasteiger partial charge in [-0.25, -0.2) is 4.39 Å². The predicted octanol–water partition coefficient (Wildman–Crippen LogP) is 4.92. The Kier molecular flexibility index (Phi) is 8.66. The molecule has 2 saturated heterocycles. The molecule has 2 fully saturated rings. The fraction of sp³-hybridized carbons (Fsp3) is 0.290. The van der Waals surface area contributed by atoms with Gasteiger partial charge in [-0.1, -0.05) is 48.2 Å². The standard InChI is InChI=1S/C31H30FN5O3S2/c1-4-36-28(35-15-13-34(14-16-35)26-8-6-5-7-25(26)32)23(20(2)24(18-33)29(36)38)17-27-30(39)37(31(41)42-27)19-21-9-11-22(40-3)12-10-21/h5-12,17H,4,13-16,19H2,1-3H3/b27-17-. The molecule has 1 aromatic heterocycles. The first-order chi connectivity index (χ1) is 20.3. The first-order valence-corrected chi connectivity index (χ1v) is 14.8. The van der Waals surface area contributed by atoms with Gasteiger partial charge >= 0.3 is 0 Å². The van der Waals surface area contributed by atoms with E-state index in [0.717, 1.165) is 11.3 Å². The highest BCUT2D eigenvalue weighted by Crippen LogP contribution is 2.37. The summed E-state index contributed by atoms with van der Waals surface area (Å²) in [5.41, 5.74) is 2.28. The smallest absolute Gasteiger partial charge is 0.270 e. The van der Waals surface area contributed by atoms with E-state index < -0.39 is 0 Å². The van der Waals surface area contributed by atoms with Crippen molar-refractivity contribution in [3.05, 3.63) is 91.9 Å². The van der Waals surface area contributed by atoms with E-state index in [0.29, 0.717) is 71.1 Å². The third kappa shape index (κ3) is 5.52. The average molecular weight is 604 g/mol. The number of hydrogen-bond acceptors (Lipinski definition) is 8. The molecule has 11 heteroatoms. The molecule has 3 heterocycles. The van der Waals surface area contributed by atoms with Crippen LogP contribution in [0.5, 0.6) is 5.75 Å². The maximum atomic E-state index is 14.5. The van der Waals surface area contributed by atoms with Gasteiger partial charge < -0.3 is 14.5 Å². The number of rotatable bonds is 7. The number of halogens is 1. The van der Waals surface area contributed by atoms with Gasteiger partial charge in [0.1, 0.15) is 33.3 Å². The monoisotopic (exact) mass is 603 g/mol. The molecule has 0 bridgehead atoms. The Morgan fingerprint density at radius 1 is 1.07 bits per heavy atom. The number of carbonyl (C=O) groups excluding carboxylic acids is 1. The molecule has 8 nitrogen and oxygen atoms in total. The zero-order chi connectivity index (χ0) is 30.0. The van der Waals surface area contributed by atoms with E-state index in [4.69, 9.17) is 17.0 Å². The van der Waals surface area contributed by atoms with Crippen LogP contribution in [0, 0.1) is 24.1 Å². The van der Waals surface area contributed by atoms with Crippen LogP contribution in [0.3, 0.4) is 0 Å². The zero-order valence-electron chi connectivity index (χ0n) is 23.6. The Bertz CT molecular complexity index is 1670. The summed E-state index contributed by atoms with van der Waals surface area (Å²) in [6.45, 7) is 6.39. The van der Waals surface area contributed by atoms with Crippen LogP contribution < -0.4 is 20.1 Å². The van der Waals surface area contributed by atoms with Gasteiger partial charge in [-0.05, 0) is 55.3 Å². The number of aromatic nitrogens is 1. The normalized spacial score (nSPS) is 16.4. The highest BCUT2D eigenvalue weighted by Gasteiger charge is 2.34. The molecule has 2 aliphatic rings. The lowest BCUT2D eigenvalue weighted by atomic mass is 10.0. The third-order valence-electron chi connectivity index (χ3n) is 7.58. The van der Waals surface area contributed by atoms with Crippen molar-refractivity contribution in [1.82, 2.24) is 9.47 Å². The van der Waals surface area contributed by atoms with E-state index in [2.05, 4.69) is 11.0 Å². The largest absolute Gasteiger partial charge is 0.497 e. The average Bonchev–Trinajstić information content (AvgIpc) is 3.26. The number of thiocarbonyl (C=S) groups is 1. The van der Waals surface area contributed by atoms with E-state index >= 15 is 0 Å². The van der Waals surface area contributed by atoms with Crippen molar-refractivity contribution < 1.29 is 13.9 Å². The van der Waals surface area contributed by atoms with Crippen molar-refractivity contribution in [3.63, 3.8) is 0 Å². The number of nitriles is 1. The van der Waals surface area contributed by atoms with Gasteiger partial charge in [-0.3, -0.25) is 19.1 Å². The molecule has 0 aliphatic carbocycles. The Balaban J connectivity index is 1.50. The summed E-state index contributed by atoms with van der Waals surface area (Å²) in [6, 6.07) is 16.2. The fourth-order valence-corrected chi connectivity index (χ4v) is 6.56. The SMILES string of the molecule is CCn1c(N2CCN(c3ccccc3F)CC2)c(/C=C2\SC(=S)N(Cc3ccc(OC)cc3)C2=O)c(C)c(C#N)c1=O. The number of carbonyl (C=O) groups is 1. The predicted molar refractivity (Wildman–Crippen MR) is 168 cm³/mol. The molecule has 2 aromatic carbocycles. The number of piperazine rings is 1. The highest BCUT2D eigenvalue weighted by molar-refractivity contribution is 8.26. The molecule has 0 atom stereocenters. The molecular formula is C31H30FN5O3S2. The first kappa shape index (κ1) is 29.4. The number of amides is 1. The Labute approximate surface area is 253 Å². The molecule has 3 aromatic rings. The Morgan fingerprint density at radius 2 is 1.74 bits per heavy atom. The number of nitrogens with zero attached hydrogens (tertiary/aromatic N) is 5. The van der Waals surface area contributed by atoms with E-state index in [1.165, 1.54) is 17.8 Å². The minimum atomic E-state index is -0.367. The van der Waals surface area contributed by atoms with Crippen LogP contribution in [-0.4, -0.2) is 53.0 Å². The molecule has 0 spiro atoms. The lowest BCUT2D eigenvalue weighted by molar-refractivity contribution is -0.122. The fourth-order valence-electron chi connectivity index (χ4n) is 5.33. The molecular weight excluding hydrogens is 574 g/mol. The second-order valence-electron chi connectivity index (χ2n) is 9.94. The minimum absolute atomic E-state index is 0.0468. The van der Waals surface area contributed by atoms with Crippen molar-refractivity contribution in [2.45, 2.75) is 26.9 Å². The van der Waals surface area contributed by atoms with Gasteiger partial charge in [0.2, 0.25) is 0 Å². The van der Waals surface area contributed by atoms with Gasteiger partial charge in [-0.2, -0.15) is 5.26 Å². The van der Waals surface area contributed by atoms with Gasteiger partial charge in [0.15, 0.2) is 0 Å². The zero-order valence-corrected chi connectivity index (χ0v) is 25.2. The summed E-state index contributed by atoms with van der Waals surface area (Å²) in [6.07, 6.45) is 1.76. The lowest BCUT2D eigenvalue weighted by Gasteiger charge is -2.39. The number of para-hydroxylation sites is 1. The van der Waals surface area contributed by atoms with Gasteiger partial charge in [0.25, 0.3) is 11.5 Å². The van der Waals surface area contributed by atoms with Crippen LogP contribution in [0.15, 0.2) is 58.2 Å². The number of ether oxygens (including phenoxy) is 1.